The van der Waals surface area contributed by atoms with Crippen LogP contribution in [0.2, 0.25) is 5.02 Å². The van der Waals surface area contributed by atoms with E-state index in [4.69, 9.17) is 11.6 Å². The minimum Gasteiger partial charge on any atom is -0.298 e. The van der Waals surface area contributed by atoms with Crippen LogP contribution in [0.1, 0.15) is 43.6 Å². The number of hydrogen-bond acceptors (Lipinski definition) is 2. The van der Waals surface area contributed by atoms with Crippen LogP contribution in [-0.4, -0.2) is 5.78 Å². The number of carbonyl (C=O) groups is 1. The number of rotatable bonds is 3. The first-order chi connectivity index (χ1) is 8.74. The van der Waals surface area contributed by atoms with Crippen molar-refractivity contribution in [2.24, 2.45) is 5.92 Å². The van der Waals surface area contributed by atoms with Gasteiger partial charge in [0, 0.05) is 10.9 Å². The van der Waals surface area contributed by atoms with Crippen LogP contribution < -0.4 is 0 Å². The van der Waals surface area contributed by atoms with Crippen molar-refractivity contribution in [3.8, 4) is 6.07 Å². The Morgan fingerprint density at radius 1 is 1.28 bits per heavy atom. The Morgan fingerprint density at radius 3 is 2.56 bits per heavy atom. The van der Waals surface area contributed by atoms with Gasteiger partial charge in [-0.3, -0.25) is 4.79 Å². The number of Topliss-reactive ketones (excluding diaryl/α,β-unsaturated/α-hetero) is 1. The van der Waals surface area contributed by atoms with Gasteiger partial charge in [0.25, 0.3) is 0 Å². The van der Waals surface area contributed by atoms with E-state index in [1.807, 2.05) is 12.1 Å². The fourth-order valence-corrected chi connectivity index (χ4v) is 2.86. The second kappa shape index (κ2) is 6.02. The molecule has 0 aliphatic heterocycles. The molecule has 0 N–H and O–H groups in total. The average molecular weight is 262 g/mol. The zero-order chi connectivity index (χ0) is 13.0. The summed E-state index contributed by atoms with van der Waals surface area (Å²) in [5, 5.41) is 9.78. The molecule has 1 unspecified atom stereocenters. The Morgan fingerprint density at radius 2 is 1.94 bits per heavy atom. The Labute approximate surface area is 113 Å². The first-order valence-corrected chi connectivity index (χ1v) is 6.79. The SMILES string of the molecule is N#CC(C(=O)C1CCCCC1)c1ccccc1Cl. The summed E-state index contributed by atoms with van der Waals surface area (Å²) in [6.07, 6.45) is 5.23. The molecule has 18 heavy (non-hydrogen) atoms. The average Bonchev–Trinajstić information content (AvgIpc) is 2.42. The molecule has 3 heteroatoms. The molecule has 0 amide bonds. The lowest BCUT2D eigenvalue weighted by Crippen LogP contribution is -2.23. The molecule has 0 saturated heterocycles. The maximum Gasteiger partial charge on any atom is 0.157 e. The van der Waals surface area contributed by atoms with Gasteiger partial charge in [-0.05, 0) is 24.5 Å². The molecule has 1 saturated carbocycles. The highest BCUT2D eigenvalue weighted by molar-refractivity contribution is 6.31. The van der Waals surface area contributed by atoms with Crippen LogP contribution in [0.25, 0.3) is 0 Å². The molecule has 0 aromatic heterocycles. The lowest BCUT2D eigenvalue weighted by atomic mass is 9.80. The van der Waals surface area contributed by atoms with Crippen molar-refractivity contribution in [1.82, 2.24) is 0 Å². The Kier molecular flexibility index (Phi) is 4.38. The highest BCUT2D eigenvalue weighted by Gasteiger charge is 2.30. The first kappa shape index (κ1) is 13.1. The quantitative estimate of drug-likeness (QED) is 0.822. The van der Waals surface area contributed by atoms with Crippen LogP contribution in [0.4, 0.5) is 0 Å². The van der Waals surface area contributed by atoms with Gasteiger partial charge >= 0.3 is 0 Å². The fourth-order valence-electron chi connectivity index (χ4n) is 2.62. The Hall–Kier alpha value is -1.33. The number of ketones is 1. The van der Waals surface area contributed by atoms with Gasteiger partial charge < -0.3 is 0 Å². The molecule has 1 aliphatic rings. The number of nitriles is 1. The molecule has 0 radical (unpaired) electrons. The molecule has 1 atom stereocenters. The van der Waals surface area contributed by atoms with E-state index in [9.17, 15) is 10.1 Å². The topological polar surface area (TPSA) is 40.9 Å². The van der Waals surface area contributed by atoms with Crippen molar-refractivity contribution in [2.45, 2.75) is 38.0 Å². The number of hydrogen-bond donors (Lipinski definition) is 0. The minimum absolute atomic E-state index is 0.0414. The highest BCUT2D eigenvalue weighted by Crippen LogP contribution is 2.32. The Bertz CT molecular complexity index is 472. The summed E-state index contributed by atoms with van der Waals surface area (Å²) in [6.45, 7) is 0. The fraction of sp³-hybridized carbons (Fsp3) is 0.467. The van der Waals surface area contributed by atoms with E-state index in [0.29, 0.717) is 10.6 Å². The molecule has 2 nitrogen and oxygen atoms in total. The van der Waals surface area contributed by atoms with E-state index in [1.165, 1.54) is 6.42 Å². The van der Waals surface area contributed by atoms with Crippen molar-refractivity contribution < 1.29 is 4.79 Å². The van der Waals surface area contributed by atoms with Crippen LogP contribution >= 0.6 is 11.6 Å². The van der Waals surface area contributed by atoms with Gasteiger partial charge in [0.15, 0.2) is 5.78 Å². The van der Waals surface area contributed by atoms with Gasteiger partial charge in [-0.2, -0.15) is 5.26 Å². The van der Waals surface area contributed by atoms with Crippen molar-refractivity contribution in [3.63, 3.8) is 0 Å². The number of carbonyl (C=O) groups excluding carboxylic acids is 1. The van der Waals surface area contributed by atoms with Crippen LogP contribution in [-0.2, 0) is 4.79 Å². The van der Waals surface area contributed by atoms with E-state index in [0.717, 1.165) is 25.7 Å². The molecule has 2 rings (SSSR count). The molecule has 0 bridgehead atoms. The molecular weight excluding hydrogens is 246 g/mol. The van der Waals surface area contributed by atoms with Crippen molar-refractivity contribution in [2.75, 3.05) is 0 Å². The largest absolute Gasteiger partial charge is 0.298 e. The smallest absolute Gasteiger partial charge is 0.157 e. The van der Waals surface area contributed by atoms with Crippen LogP contribution in [0, 0.1) is 17.2 Å². The summed E-state index contributed by atoms with van der Waals surface area (Å²) in [5.74, 6) is -0.619. The van der Waals surface area contributed by atoms with Crippen LogP contribution in [0.15, 0.2) is 24.3 Å². The first-order valence-electron chi connectivity index (χ1n) is 6.42. The summed E-state index contributed by atoms with van der Waals surface area (Å²) in [6, 6.07) is 9.26. The monoisotopic (exact) mass is 261 g/mol. The zero-order valence-electron chi connectivity index (χ0n) is 10.2. The van der Waals surface area contributed by atoms with Gasteiger partial charge in [-0.25, -0.2) is 0 Å². The van der Waals surface area contributed by atoms with E-state index in [2.05, 4.69) is 6.07 Å². The zero-order valence-corrected chi connectivity index (χ0v) is 11.0. The molecular formula is C15H16ClNO. The van der Waals surface area contributed by atoms with E-state index in [-0.39, 0.29) is 11.7 Å². The predicted molar refractivity (Wildman–Crippen MR) is 71.4 cm³/mol. The second-order valence-corrected chi connectivity index (χ2v) is 5.23. The number of benzene rings is 1. The summed E-state index contributed by atoms with van der Waals surface area (Å²) in [5.41, 5.74) is 0.650. The molecule has 1 aromatic carbocycles. The number of nitrogens with zero attached hydrogens (tertiary/aromatic N) is 1. The lowest BCUT2D eigenvalue weighted by Gasteiger charge is -2.22. The third kappa shape index (κ3) is 2.73. The summed E-state index contributed by atoms with van der Waals surface area (Å²) in [4.78, 5) is 12.4. The van der Waals surface area contributed by atoms with Crippen molar-refractivity contribution >= 4 is 17.4 Å². The molecule has 1 fully saturated rings. The van der Waals surface area contributed by atoms with Gasteiger partial charge in [-0.15, -0.1) is 0 Å². The van der Waals surface area contributed by atoms with Gasteiger partial charge in [0.2, 0.25) is 0 Å². The third-order valence-corrected chi connectivity index (χ3v) is 3.98. The van der Waals surface area contributed by atoms with Crippen molar-refractivity contribution in [1.29, 1.82) is 5.26 Å². The molecule has 1 aliphatic carbocycles. The third-order valence-electron chi connectivity index (χ3n) is 3.64. The Balaban J connectivity index is 2.21. The molecule has 0 spiro atoms. The van der Waals surface area contributed by atoms with Crippen LogP contribution in [0.5, 0.6) is 0 Å². The second-order valence-electron chi connectivity index (χ2n) is 4.82. The minimum atomic E-state index is -0.707. The highest BCUT2D eigenvalue weighted by atomic mass is 35.5. The summed E-state index contributed by atoms with van der Waals surface area (Å²) >= 11 is 6.08. The maximum absolute atomic E-state index is 12.4. The van der Waals surface area contributed by atoms with Gasteiger partial charge in [-0.1, -0.05) is 49.1 Å². The van der Waals surface area contributed by atoms with E-state index in [1.54, 1.807) is 12.1 Å². The van der Waals surface area contributed by atoms with Gasteiger partial charge in [0.05, 0.1) is 6.07 Å². The molecule has 1 aromatic rings. The van der Waals surface area contributed by atoms with Gasteiger partial charge in [0.1, 0.15) is 5.92 Å². The van der Waals surface area contributed by atoms with E-state index < -0.39 is 5.92 Å². The molecule has 0 heterocycles. The molecule has 94 valence electrons. The standard InChI is InChI=1S/C15H16ClNO/c16-14-9-5-4-8-12(14)13(10-17)15(18)11-6-2-1-3-7-11/h4-5,8-9,11,13H,1-3,6-7H2. The summed E-state index contributed by atoms with van der Waals surface area (Å²) in [7, 11) is 0. The van der Waals surface area contributed by atoms with Crippen LogP contribution in [0.3, 0.4) is 0 Å². The maximum atomic E-state index is 12.4. The predicted octanol–water partition coefficient (Wildman–Crippen LogP) is 4.10. The number of halogens is 1. The summed E-state index contributed by atoms with van der Waals surface area (Å²) < 4.78 is 0. The van der Waals surface area contributed by atoms with Crippen molar-refractivity contribution in [3.05, 3.63) is 34.9 Å². The normalized spacial score (nSPS) is 18.0. The lowest BCUT2D eigenvalue weighted by molar-refractivity contribution is -0.124. The van der Waals surface area contributed by atoms with E-state index >= 15 is 0 Å².